The predicted molar refractivity (Wildman–Crippen MR) is 76.6 cm³/mol. The van der Waals surface area contributed by atoms with E-state index in [2.05, 4.69) is 4.72 Å². The van der Waals surface area contributed by atoms with Crippen molar-refractivity contribution in [2.75, 3.05) is 10.5 Å². The molecule has 0 unspecified atom stereocenters. The quantitative estimate of drug-likeness (QED) is 0.803. The average Bonchev–Trinajstić information content (AvgIpc) is 2.29. The standard InChI is InChI=1S/C13H19NO5S/c1-9(2)19-11-4-5-12(10(3)8-11)14-20(17,18)7-6-13(15)16/h4-5,8-9,14H,6-7H2,1-3H3,(H,15,16). The zero-order valence-electron chi connectivity index (χ0n) is 11.7. The monoisotopic (exact) mass is 301 g/mol. The van der Waals surface area contributed by atoms with E-state index in [4.69, 9.17) is 9.84 Å². The molecule has 0 aromatic heterocycles. The second kappa shape index (κ2) is 6.60. The van der Waals surface area contributed by atoms with Gasteiger partial charge >= 0.3 is 5.97 Å². The van der Waals surface area contributed by atoms with Gasteiger partial charge in [0.15, 0.2) is 0 Å². The van der Waals surface area contributed by atoms with E-state index in [1.54, 1.807) is 25.1 Å². The van der Waals surface area contributed by atoms with E-state index in [-0.39, 0.29) is 6.10 Å². The van der Waals surface area contributed by atoms with Crippen LogP contribution in [-0.2, 0) is 14.8 Å². The van der Waals surface area contributed by atoms with Crippen molar-refractivity contribution in [2.24, 2.45) is 0 Å². The summed E-state index contributed by atoms with van der Waals surface area (Å²) < 4.78 is 31.3. The summed E-state index contributed by atoms with van der Waals surface area (Å²) in [5.74, 6) is -0.940. The van der Waals surface area contributed by atoms with Crippen molar-refractivity contribution >= 4 is 21.7 Å². The van der Waals surface area contributed by atoms with Gasteiger partial charge in [-0.25, -0.2) is 8.42 Å². The highest BCUT2D eigenvalue weighted by atomic mass is 32.2. The molecule has 20 heavy (non-hydrogen) atoms. The molecule has 1 aromatic carbocycles. The third-order valence-electron chi connectivity index (χ3n) is 2.42. The lowest BCUT2D eigenvalue weighted by atomic mass is 10.2. The maximum atomic E-state index is 11.7. The Hall–Kier alpha value is -1.76. The first kappa shape index (κ1) is 16.3. The van der Waals surface area contributed by atoms with Crippen LogP contribution in [0.25, 0.3) is 0 Å². The number of carboxylic acid groups (broad SMARTS) is 1. The molecule has 6 nitrogen and oxygen atoms in total. The van der Waals surface area contributed by atoms with Crippen LogP contribution in [0.3, 0.4) is 0 Å². The number of nitrogens with one attached hydrogen (secondary N) is 1. The molecule has 0 aliphatic heterocycles. The lowest BCUT2D eigenvalue weighted by molar-refractivity contribution is -0.136. The van der Waals surface area contributed by atoms with Gasteiger partial charge in [-0.2, -0.15) is 0 Å². The van der Waals surface area contributed by atoms with Crippen molar-refractivity contribution in [3.8, 4) is 5.75 Å². The van der Waals surface area contributed by atoms with E-state index in [9.17, 15) is 13.2 Å². The summed E-state index contributed by atoms with van der Waals surface area (Å²) in [6, 6.07) is 5.00. The van der Waals surface area contributed by atoms with Crippen molar-refractivity contribution in [2.45, 2.75) is 33.3 Å². The molecule has 0 aliphatic rings. The number of ether oxygens (including phenoxy) is 1. The Morgan fingerprint density at radius 2 is 2.05 bits per heavy atom. The van der Waals surface area contributed by atoms with Gasteiger partial charge in [-0.1, -0.05) is 0 Å². The Bertz CT molecular complexity index is 580. The van der Waals surface area contributed by atoms with Crippen LogP contribution >= 0.6 is 0 Å². The molecule has 1 rings (SSSR count). The molecule has 0 fully saturated rings. The third kappa shape index (κ3) is 5.48. The highest BCUT2D eigenvalue weighted by Crippen LogP contribution is 2.23. The van der Waals surface area contributed by atoms with Gasteiger partial charge < -0.3 is 9.84 Å². The number of benzene rings is 1. The molecular weight excluding hydrogens is 282 g/mol. The molecule has 0 aliphatic carbocycles. The van der Waals surface area contributed by atoms with Gasteiger partial charge in [-0.05, 0) is 44.5 Å². The largest absolute Gasteiger partial charge is 0.491 e. The fourth-order valence-corrected chi connectivity index (χ4v) is 2.65. The minimum Gasteiger partial charge on any atom is -0.491 e. The van der Waals surface area contributed by atoms with Gasteiger partial charge in [-0.3, -0.25) is 9.52 Å². The number of carbonyl (C=O) groups is 1. The third-order valence-corrected chi connectivity index (χ3v) is 3.69. The van der Waals surface area contributed by atoms with Crippen LogP contribution in [0.4, 0.5) is 5.69 Å². The van der Waals surface area contributed by atoms with E-state index < -0.39 is 28.2 Å². The fourth-order valence-electron chi connectivity index (χ4n) is 1.54. The normalized spacial score (nSPS) is 11.4. The van der Waals surface area contributed by atoms with Gasteiger partial charge in [0.25, 0.3) is 0 Å². The Kier molecular flexibility index (Phi) is 5.38. The van der Waals surface area contributed by atoms with Crippen LogP contribution in [0.5, 0.6) is 5.75 Å². The van der Waals surface area contributed by atoms with Crippen molar-refractivity contribution in [1.29, 1.82) is 0 Å². The van der Waals surface area contributed by atoms with E-state index in [1.807, 2.05) is 13.8 Å². The molecule has 0 saturated heterocycles. The molecule has 0 heterocycles. The van der Waals surface area contributed by atoms with Crippen LogP contribution in [0.15, 0.2) is 18.2 Å². The Balaban J connectivity index is 2.80. The number of aryl methyl sites for hydroxylation is 1. The maximum Gasteiger partial charge on any atom is 0.304 e. The van der Waals surface area contributed by atoms with Crippen molar-refractivity contribution < 1.29 is 23.1 Å². The average molecular weight is 301 g/mol. The summed E-state index contributed by atoms with van der Waals surface area (Å²) in [6.45, 7) is 5.55. The molecule has 1 aromatic rings. The number of hydrogen-bond acceptors (Lipinski definition) is 4. The number of carboxylic acids is 1. The Labute approximate surface area is 118 Å². The molecule has 0 bridgehead atoms. The highest BCUT2D eigenvalue weighted by Gasteiger charge is 2.14. The van der Waals surface area contributed by atoms with Crippen LogP contribution in [0, 0.1) is 6.92 Å². The first-order valence-electron chi connectivity index (χ1n) is 6.19. The summed E-state index contributed by atoms with van der Waals surface area (Å²) >= 11 is 0. The summed E-state index contributed by atoms with van der Waals surface area (Å²) in [5.41, 5.74) is 1.13. The molecule has 0 atom stereocenters. The summed E-state index contributed by atoms with van der Waals surface area (Å²) in [5, 5.41) is 8.51. The zero-order valence-corrected chi connectivity index (χ0v) is 12.5. The van der Waals surface area contributed by atoms with Gasteiger partial charge in [-0.15, -0.1) is 0 Å². The van der Waals surface area contributed by atoms with Gasteiger partial charge in [0, 0.05) is 0 Å². The minimum atomic E-state index is -3.66. The summed E-state index contributed by atoms with van der Waals surface area (Å²) in [4.78, 5) is 10.4. The van der Waals surface area contributed by atoms with Crippen molar-refractivity contribution in [1.82, 2.24) is 0 Å². The van der Waals surface area contributed by atoms with Crippen LogP contribution in [0.1, 0.15) is 25.8 Å². The number of rotatable bonds is 7. The lowest BCUT2D eigenvalue weighted by Crippen LogP contribution is -2.19. The van der Waals surface area contributed by atoms with Crippen molar-refractivity contribution in [3.63, 3.8) is 0 Å². The first-order valence-corrected chi connectivity index (χ1v) is 7.84. The summed E-state index contributed by atoms with van der Waals surface area (Å²) in [7, 11) is -3.66. The van der Waals surface area contributed by atoms with Gasteiger partial charge in [0.05, 0.1) is 24.0 Å². The van der Waals surface area contributed by atoms with E-state index >= 15 is 0 Å². The number of sulfonamides is 1. The van der Waals surface area contributed by atoms with E-state index in [1.165, 1.54) is 0 Å². The topological polar surface area (TPSA) is 92.7 Å². The van der Waals surface area contributed by atoms with Gasteiger partial charge in [0.2, 0.25) is 10.0 Å². The second-order valence-electron chi connectivity index (χ2n) is 4.71. The van der Waals surface area contributed by atoms with Gasteiger partial charge in [0.1, 0.15) is 5.75 Å². The smallest absolute Gasteiger partial charge is 0.304 e. The molecule has 0 amide bonds. The van der Waals surface area contributed by atoms with Crippen LogP contribution < -0.4 is 9.46 Å². The van der Waals surface area contributed by atoms with Crippen LogP contribution in [-0.4, -0.2) is 31.4 Å². The van der Waals surface area contributed by atoms with Crippen molar-refractivity contribution in [3.05, 3.63) is 23.8 Å². The Morgan fingerprint density at radius 3 is 2.55 bits per heavy atom. The molecular formula is C13H19NO5S. The van der Waals surface area contributed by atoms with E-state index in [0.29, 0.717) is 17.0 Å². The number of hydrogen-bond donors (Lipinski definition) is 2. The van der Waals surface area contributed by atoms with Crippen LogP contribution in [0.2, 0.25) is 0 Å². The first-order chi connectivity index (χ1) is 9.19. The zero-order chi connectivity index (χ0) is 15.3. The lowest BCUT2D eigenvalue weighted by Gasteiger charge is -2.13. The Morgan fingerprint density at radius 1 is 1.40 bits per heavy atom. The molecule has 0 spiro atoms. The molecule has 2 N–H and O–H groups in total. The highest BCUT2D eigenvalue weighted by molar-refractivity contribution is 7.92. The molecule has 112 valence electrons. The van der Waals surface area contributed by atoms with E-state index in [0.717, 1.165) is 0 Å². The number of aliphatic carboxylic acids is 1. The molecule has 0 radical (unpaired) electrons. The summed E-state index contributed by atoms with van der Waals surface area (Å²) in [6.07, 6.45) is -0.393. The molecule has 0 saturated carbocycles. The fraction of sp³-hybridized carbons (Fsp3) is 0.462. The second-order valence-corrected chi connectivity index (χ2v) is 6.55. The predicted octanol–water partition coefficient (Wildman–Crippen LogP) is 2.00. The SMILES string of the molecule is Cc1cc(OC(C)C)ccc1NS(=O)(=O)CCC(=O)O. The minimum absolute atomic E-state index is 0.0347. The maximum absolute atomic E-state index is 11.7. The number of anilines is 1. The molecule has 7 heteroatoms.